The fourth-order valence-electron chi connectivity index (χ4n) is 0.901. The van der Waals surface area contributed by atoms with Crippen molar-refractivity contribution in [3.8, 4) is 0 Å². The Balaban J connectivity index is 3.38. The molecule has 0 aliphatic carbocycles. The van der Waals surface area contributed by atoms with Crippen LogP contribution in [0, 0.1) is 15.9 Å². The maximum atomic E-state index is 12.8. The summed E-state index contributed by atoms with van der Waals surface area (Å²) in [7, 11) is -2.59. The molecule has 0 aliphatic rings. The predicted octanol–water partition coefficient (Wildman–Crippen LogP) is 1.49. The van der Waals surface area contributed by atoms with Crippen LogP contribution in [0.4, 0.5) is 10.1 Å². The molecule has 5 nitrogen and oxygen atoms in total. The number of hydrogen-bond acceptors (Lipinski definition) is 5. The molecule has 0 fully saturated rings. The van der Waals surface area contributed by atoms with Gasteiger partial charge in [0.2, 0.25) is 0 Å². The van der Waals surface area contributed by atoms with Crippen molar-refractivity contribution in [2.45, 2.75) is 4.90 Å². The molecule has 0 atom stereocenters. The third-order valence-corrected chi connectivity index (χ3v) is 3.09. The number of nitro benzene ring substituents is 1. The number of nitrogens with two attached hydrogens (primary N) is 2. The molecule has 78 valence electrons. The van der Waals surface area contributed by atoms with Gasteiger partial charge < -0.3 is 0 Å². The molecule has 0 aromatic heterocycles. The van der Waals surface area contributed by atoms with Gasteiger partial charge in [0.1, 0.15) is 10.7 Å². The molecule has 0 saturated carbocycles. The molecule has 0 unspecified atom stereocenters. The third kappa shape index (κ3) is 2.35. The summed E-state index contributed by atoms with van der Waals surface area (Å²) in [6.07, 6.45) is 0. The lowest BCUT2D eigenvalue weighted by Gasteiger charge is -2.23. The van der Waals surface area contributed by atoms with Crippen LogP contribution >= 0.6 is 21.1 Å². The van der Waals surface area contributed by atoms with Gasteiger partial charge in [-0.25, -0.2) is 4.39 Å². The van der Waals surface area contributed by atoms with Gasteiger partial charge in [0.05, 0.1) is 4.92 Å². The normalized spacial score (nSPS) is 12.6. The topological polar surface area (TPSA) is 95.2 Å². The SMILES string of the molecule is NS(N)(S)c1cc(F)ccc1[N+](=O)[O-]. The molecule has 1 rings (SSSR count). The molecule has 0 spiro atoms. The number of halogens is 1. The van der Waals surface area contributed by atoms with Crippen molar-refractivity contribution in [3.63, 3.8) is 0 Å². The van der Waals surface area contributed by atoms with E-state index in [0.29, 0.717) is 0 Å². The van der Waals surface area contributed by atoms with Crippen molar-refractivity contribution >= 4 is 26.8 Å². The van der Waals surface area contributed by atoms with E-state index in [1.165, 1.54) is 0 Å². The lowest BCUT2D eigenvalue weighted by atomic mass is 10.3. The van der Waals surface area contributed by atoms with Crippen LogP contribution in [0.3, 0.4) is 0 Å². The highest BCUT2D eigenvalue weighted by atomic mass is 33.1. The summed E-state index contributed by atoms with van der Waals surface area (Å²) in [4.78, 5) is 9.78. The van der Waals surface area contributed by atoms with Crippen molar-refractivity contribution in [1.29, 1.82) is 0 Å². The largest absolute Gasteiger partial charge is 0.284 e. The van der Waals surface area contributed by atoms with E-state index in [4.69, 9.17) is 10.3 Å². The fraction of sp³-hybridized carbons (Fsp3) is 0. The van der Waals surface area contributed by atoms with Crippen LogP contribution in [-0.2, 0) is 0 Å². The third-order valence-electron chi connectivity index (χ3n) is 1.47. The Morgan fingerprint density at radius 1 is 1.50 bits per heavy atom. The molecule has 0 aliphatic heterocycles. The first-order valence-corrected chi connectivity index (χ1v) is 6.19. The van der Waals surface area contributed by atoms with Crippen molar-refractivity contribution < 1.29 is 9.31 Å². The van der Waals surface area contributed by atoms with Gasteiger partial charge in [-0.05, 0) is 12.1 Å². The van der Waals surface area contributed by atoms with E-state index in [-0.39, 0.29) is 10.6 Å². The second kappa shape index (κ2) is 3.73. The first-order valence-electron chi connectivity index (χ1n) is 3.37. The average molecular weight is 237 g/mol. The summed E-state index contributed by atoms with van der Waals surface area (Å²) in [5.41, 5.74) is -0.318. The summed E-state index contributed by atoms with van der Waals surface area (Å²) >= 11 is 3.82. The number of nitro groups is 1. The van der Waals surface area contributed by atoms with Gasteiger partial charge in [0.15, 0.2) is 0 Å². The van der Waals surface area contributed by atoms with E-state index in [1.54, 1.807) is 0 Å². The highest BCUT2D eigenvalue weighted by molar-refractivity contribution is 8.86. The second-order valence-electron chi connectivity index (χ2n) is 2.54. The number of benzene rings is 1. The molecule has 1 aromatic rings. The molecule has 0 bridgehead atoms. The van der Waals surface area contributed by atoms with Gasteiger partial charge in [0, 0.05) is 6.07 Å². The molecule has 1 aromatic carbocycles. The van der Waals surface area contributed by atoms with Gasteiger partial charge in [-0.1, -0.05) is 21.1 Å². The zero-order chi connectivity index (χ0) is 10.9. The Kier molecular flexibility index (Phi) is 3.00. The number of thiol groups is 1. The molecule has 4 N–H and O–H groups in total. The Hall–Kier alpha value is -0.830. The lowest BCUT2D eigenvalue weighted by Crippen LogP contribution is -2.15. The monoisotopic (exact) mass is 237 g/mol. The second-order valence-corrected chi connectivity index (χ2v) is 6.14. The Bertz CT molecular complexity index is 380. The fourth-order valence-corrected chi connectivity index (χ4v) is 2.12. The number of rotatable bonds is 2. The highest BCUT2D eigenvalue weighted by Gasteiger charge is 2.23. The highest BCUT2D eigenvalue weighted by Crippen LogP contribution is 2.49. The van der Waals surface area contributed by atoms with Gasteiger partial charge in [-0.15, -0.1) is 0 Å². The Morgan fingerprint density at radius 2 is 2.07 bits per heavy atom. The maximum absolute atomic E-state index is 12.8. The van der Waals surface area contributed by atoms with Crippen LogP contribution in [0.15, 0.2) is 23.1 Å². The lowest BCUT2D eigenvalue weighted by molar-refractivity contribution is -0.387. The van der Waals surface area contributed by atoms with E-state index in [0.717, 1.165) is 18.2 Å². The zero-order valence-corrected chi connectivity index (χ0v) is 8.59. The minimum absolute atomic E-state index is 0.0779. The summed E-state index contributed by atoms with van der Waals surface area (Å²) in [6, 6.07) is 2.92. The minimum atomic E-state index is -2.59. The van der Waals surface area contributed by atoms with Crippen molar-refractivity contribution in [2.24, 2.45) is 10.3 Å². The van der Waals surface area contributed by atoms with Crippen molar-refractivity contribution in [2.75, 3.05) is 0 Å². The standard InChI is InChI=1S/C6H8FN3O2S2/c7-4-1-2-5(10(11)12)6(3-4)14(8,9)13/h1-3,13H,8-9H2. The summed E-state index contributed by atoms with van der Waals surface area (Å²) in [5.74, 6) is -0.632. The smallest absolute Gasteiger partial charge is 0.272 e. The van der Waals surface area contributed by atoms with Gasteiger partial charge in [0.25, 0.3) is 5.69 Å². The van der Waals surface area contributed by atoms with Crippen LogP contribution in [0.1, 0.15) is 0 Å². The van der Waals surface area contributed by atoms with Crippen LogP contribution in [0.5, 0.6) is 0 Å². The van der Waals surface area contributed by atoms with Gasteiger partial charge in [-0.2, -0.15) is 0 Å². The number of hydrogen-bond donors (Lipinski definition) is 3. The number of nitrogens with zero attached hydrogens (tertiary/aromatic N) is 1. The van der Waals surface area contributed by atoms with Crippen LogP contribution in [-0.4, -0.2) is 4.92 Å². The molecule has 0 saturated heterocycles. The van der Waals surface area contributed by atoms with E-state index < -0.39 is 20.2 Å². The quantitative estimate of drug-likeness (QED) is 0.314. The van der Waals surface area contributed by atoms with Crippen LogP contribution in [0.25, 0.3) is 0 Å². The Morgan fingerprint density at radius 3 is 2.50 bits per heavy atom. The molecule has 14 heavy (non-hydrogen) atoms. The zero-order valence-electron chi connectivity index (χ0n) is 6.88. The van der Waals surface area contributed by atoms with Gasteiger partial charge in [-0.3, -0.25) is 20.4 Å². The van der Waals surface area contributed by atoms with E-state index in [2.05, 4.69) is 11.7 Å². The van der Waals surface area contributed by atoms with Crippen molar-refractivity contribution in [3.05, 3.63) is 34.1 Å². The average Bonchev–Trinajstić information content (AvgIpc) is 2.01. The minimum Gasteiger partial charge on any atom is -0.272 e. The first kappa shape index (κ1) is 11.2. The molecule has 0 heterocycles. The summed E-state index contributed by atoms with van der Waals surface area (Å²) < 4.78 is 12.8. The van der Waals surface area contributed by atoms with E-state index >= 15 is 0 Å². The van der Waals surface area contributed by atoms with Gasteiger partial charge >= 0.3 is 0 Å². The Labute approximate surface area is 85.8 Å². The van der Waals surface area contributed by atoms with Crippen molar-refractivity contribution in [1.82, 2.24) is 0 Å². The van der Waals surface area contributed by atoms with Crippen LogP contribution < -0.4 is 10.3 Å². The molecule has 8 heteroatoms. The molecular weight excluding hydrogens is 229 g/mol. The molecule has 0 amide bonds. The summed E-state index contributed by atoms with van der Waals surface area (Å²) in [6.45, 7) is 0. The molecule has 0 radical (unpaired) electrons. The van der Waals surface area contributed by atoms with E-state index in [9.17, 15) is 14.5 Å². The maximum Gasteiger partial charge on any atom is 0.284 e. The summed E-state index contributed by atoms with van der Waals surface area (Å²) in [5, 5.41) is 21.4. The van der Waals surface area contributed by atoms with E-state index in [1.807, 2.05) is 0 Å². The van der Waals surface area contributed by atoms with Crippen LogP contribution in [0.2, 0.25) is 0 Å². The first-order chi connectivity index (χ1) is 6.32. The predicted molar refractivity (Wildman–Crippen MR) is 56.3 cm³/mol. The molecular formula is C6H8FN3O2S2.